The number of carbonyl (C=O) groups is 2. The number of hydrogen-bond acceptors (Lipinski definition) is 4. The minimum atomic E-state index is -4.88. The minimum absolute atomic E-state index is 0.0459. The van der Waals surface area contributed by atoms with E-state index in [0.717, 1.165) is 37.1 Å². The van der Waals surface area contributed by atoms with Crippen LogP contribution >= 0.6 is 11.6 Å². The molecule has 0 aromatic heterocycles. The maximum absolute atomic E-state index is 13.8. The summed E-state index contributed by atoms with van der Waals surface area (Å²) in [4.78, 5) is 29.6. The summed E-state index contributed by atoms with van der Waals surface area (Å²) in [5.74, 6) is -1.14. The Hall–Kier alpha value is -2.00. The van der Waals surface area contributed by atoms with Gasteiger partial charge in [-0.3, -0.25) is 9.69 Å². The Labute approximate surface area is 222 Å². The van der Waals surface area contributed by atoms with Crippen LogP contribution in [0.25, 0.3) is 0 Å². The molecular weight excluding hydrogens is 509 g/mol. The second-order valence-corrected chi connectivity index (χ2v) is 12.6. The van der Waals surface area contributed by atoms with Crippen LogP contribution in [0, 0.1) is 5.41 Å². The maximum atomic E-state index is 13.8. The normalized spacial score (nSPS) is 22.5. The molecule has 10 heteroatoms. The molecule has 2 atom stereocenters. The molecule has 1 aromatic rings. The SMILES string of the molecule is CO[C@@](C)(C(=O)N1CCc2cc(Cl)cc([C@@]3(C(C)(C)C)CCCN3C(=O)OC(C)(C)C)c2C1)C(F)(F)F. The van der Waals surface area contributed by atoms with Crippen molar-refractivity contribution >= 4 is 23.6 Å². The van der Waals surface area contributed by atoms with Crippen molar-refractivity contribution < 1.29 is 32.2 Å². The predicted molar refractivity (Wildman–Crippen MR) is 135 cm³/mol. The highest BCUT2D eigenvalue weighted by Gasteiger charge is 2.60. The van der Waals surface area contributed by atoms with E-state index >= 15 is 0 Å². The summed E-state index contributed by atoms with van der Waals surface area (Å²) in [6.07, 6.45) is -3.67. The van der Waals surface area contributed by atoms with Crippen molar-refractivity contribution in [1.82, 2.24) is 9.80 Å². The van der Waals surface area contributed by atoms with Crippen molar-refractivity contribution in [2.45, 2.75) is 97.2 Å². The zero-order valence-corrected chi connectivity index (χ0v) is 23.7. The first-order valence-corrected chi connectivity index (χ1v) is 12.9. The van der Waals surface area contributed by atoms with E-state index in [1.54, 1.807) is 37.8 Å². The lowest BCUT2D eigenvalue weighted by Crippen LogP contribution is -2.58. The van der Waals surface area contributed by atoms with E-state index in [9.17, 15) is 22.8 Å². The van der Waals surface area contributed by atoms with Crippen LogP contribution in [-0.2, 0) is 32.8 Å². The summed E-state index contributed by atoms with van der Waals surface area (Å²) < 4.78 is 52.0. The third-order valence-corrected chi connectivity index (χ3v) is 7.85. The number of amides is 2. The van der Waals surface area contributed by atoms with Gasteiger partial charge in [0, 0.05) is 31.8 Å². The lowest BCUT2D eigenvalue weighted by atomic mass is 9.65. The maximum Gasteiger partial charge on any atom is 0.426 e. The Morgan fingerprint density at radius 2 is 1.65 bits per heavy atom. The molecule has 1 fully saturated rings. The Morgan fingerprint density at radius 3 is 2.16 bits per heavy atom. The number of carbonyl (C=O) groups excluding carboxylic acids is 2. The second-order valence-electron chi connectivity index (χ2n) is 12.1. The zero-order valence-electron chi connectivity index (χ0n) is 22.9. The van der Waals surface area contributed by atoms with Gasteiger partial charge in [-0.2, -0.15) is 13.2 Å². The summed E-state index contributed by atoms with van der Waals surface area (Å²) in [6.45, 7) is 12.8. The summed E-state index contributed by atoms with van der Waals surface area (Å²) in [5.41, 5.74) is -2.68. The van der Waals surface area contributed by atoms with Crippen molar-refractivity contribution in [1.29, 1.82) is 0 Å². The van der Waals surface area contributed by atoms with Crippen LogP contribution in [0.1, 0.15) is 78.0 Å². The molecule has 2 aliphatic heterocycles. The zero-order chi connectivity index (χ0) is 28.2. The molecule has 0 radical (unpaired) electrons. The molecular formula is C27H38ClF3N2O4. The molecule has 1 aromatic carbocycles. The van der Waals surface area contributed by atoms with Gasteiger partial charge in [0.05, 0.1) is 5.54 Å². The van der Waals surface area contributed by atoms with E-state index in [4.69, 9.17) is 21.1 Å². The quantitative estimate of drug-likeness (QED) is 0.436. The van der Waals surface area contributed by atoms with Crippen LogP contribution in [0.3, 0.4) is 0 Å². The number of methoxy groups -OCH3 is 1. The van der Waals surface area contributed by atoms with Crippen LogP contribution in [0.2, 0.25) is 5.02 Å². The number of fused-ring (bicyclic) bond motifs is 1. The van der Waals surface area contributed by atoms with Gasteiger partial charge < -0.3 is 14.4 Å². The number of likely N-dealkylation sites (tertiary alicyclic amines) is 1. The molecule has 2 amide bonds. The molecule has 0 bridgehead atoms. The highest BCUT2D eigenvalue weighted by Crippen LogP contribution is 2.54. The number of halogens is 4. The molecule has 37 heavy (non-hydrogen) atoms. The van der Waals surface area contributed by atoms with Crippen LogP contribution in [0.4, 0.5) is 18.0 Å². The molecule has 0 unspecified atom stereocenters. The van der Waals surface area contributed by atoms with Crippen molar-refractivity contribution in [3.63, 3.8) is 0 Å². The number of ether oxygens (including phenoxy) is 2. The van der Waals surface area contributed by atoms with Crippen LogP contribution in [0.15, 0.2) is 12.1 Å². The van der Waals surface area contributed by atoms with E-state index in [1.807, 2.05) is 20.8 Å². The molecule has 3 rings (SSSR count). The van der Waals surface area contributed by atoms with Gasteiger partial charge >= 0.3 is 12.3 Å². The summed E-state index contributed by atoms with van der Waals surface area (Å²) >= 11 is 6.58. The molecule has 0 saturated carbocycles. The van der Waals surface area contributed by atoms with Gasteiger partial charge in [0.15, 0.2) is 0 Å². The number of nitrogens with zero attached hydrogens (tertiary/aromatic N) is 2. The average molecular weight is 547 g/mol. The van der Waals surface area contributed by atoms with Crippen molar-refractivity contribution in [2.75, 3.05) is 20.2 Å². The first kappa shape index (κ1) is 29.6. The molecule has 0 aliphatic carbocycles. The van der Waals surface area contributed by atoms with Gasteiger partial charge in [0.25, 0.3) is 5.91 Å². The molecule has 0 N–H and O–H groups in total. The monoisotopic (exact) mass is 546 g/mol. The lowest BCUT2D eigenvalue weighted by molar-refractivity contribution is -0.258. The third kappa shape index (κ3) is 5.18. The highest BCUT2D eigenvalue weighted by atomic mass is 35.5. The van der Waals surface area contributed by atoms with Gasteiger partial charge in [-0.1, -0.05) is 32.4 Å². The second kappa shape index (κ2) is 9.63. The molecule has 2 heterocycles. The van der Waals surface area contributed by atoms with E-state index in [0.29, 0.717) is 24.4 Å². The molecule has 2 aliphatic rings. The fraction of sp³-hybridized carbons (Fsp3) is 0.704. The highest BCUT2D eigenvalue weighted by molar-refractivity contribution is 6.30. The van der Waals surface area contributed by atoms with E-state index < -0.39 is 40.3 Å². The first-order chi connectivity index (χ1) is 16.8. The van der Waals surface area contributed by atoms with Gasteiger partial charge in [-0.15, -0.1) is 0 Å². The van der Waals surface area contributed by atoms with Gasteiger partial charge in [-0.05, 0) is 81.2 Å². The first-order valence-electron chi connectivity index (χ1n) is 12.5. The average Bonchev–Trinajstić information content (AvgIpc) is 3.21. The molecule has 0 spiro atoms. The lowest BCUT2D eigenvalue weighted by Gasteiger charge is -2.50. The number of benzene rings is 1. The van der Waals surface area contributed by atoms with Gasteiger partial charge in [0.2, 0.25) is 5.60 Å². The summed E-state index contributed by atoms with van der Waals surface area (Å²) in [7, 11) is 0.889. The predicted octanol–water partition coefficient (Wildman–Crippen LogP) is 6.46. The fourth-order valence-electron chi connectivity index (χ4n) is 5.64. The van der Waals surface area contributed by atoms with Crippen molar-refractivity contribution in [2.24, 2.45) is 5.41 Å². The van der Waals surface area contributed by atoms with Crippen molar-refractivity contribution in [3.05, 3.63) is 33.8 Å². The van der Waals surface area contributed by atoms with E-state index in [1.165, 1.54) is 4.90 Å². The van der Waals surface area contributed by atoms with Gasteiger partial charge in [-0.25, -0.2) is 4.79 Å². The summed E-state index contributed by atoms with van der Waals surface area (Å²) in [5, 5.41) is 0.477. The minimum Gasteiger partial charge on any atom is -0.444 e. The number of hydrogen-bond donors (Lipinski definition) is 0. The number of rotatable bonds is 3. The van der Waals surface area contributed by atoms with E-state index in [-0.39, 0.29) is 13.1 Å². The van der Waals surface area contributed by atoms with Crippen LogP contribution < -0.4 is 0 Å². The Kier molecular flexibility index (Phi) is 7.69. The van der Waals surface area contributed by atoms with Crippen LogP contribution in [0.5, 0.6) is 0 Å². The third-order valence-electron chi connectivity index (χ3n) is 7.63. The molecule has 6 nitrogen and oxygen atoms in total. The van der Waals surface area contributed by atoms with Crippen molar-refractivity contribution in [3.8, 4) is 0 Å². The Morgan fingerprint density at radius 1 is 1.03 bits per heavy atom. The van der Waals surface area contributed by atoms with Gasteiger partial charge in [0.1, 0.15) is 5.60 Å². The van der Waals surface area contributed by atoms with Crippen LogP contribution in [-0.4, -0.2) is 59.4 Å². The summed E-state index contributed by atoms with van der Waals surface area (Å²) in [6, 6.07) is 3.59. The Balaban J connectivity index is 2.16. The van der Waals surface area contributed by atoms with E-state index in [2.05, 4.69) is 0 Å². The largest absolute Gasteiger partial charge is 0.444 e. The number of alkyl halides is 3. The Bertz CT molecular complexity index is 1060. The standard InChI is InChI=1S/C27H38ClF3N2O4/c1-23(2,3)26(11-9-12-33(26)22(35)37-24(4,5)6)20-15-18(28)14-17-10-13-32(16-19(17)20)21(34)25(7,36-8)27(29,30)31/h14-15H,9-13,16H2,1-8H3/t25-,26+/m0/s1. The molecule has 1 saturated heterocycles. The fourth-order valence-corrected chi connectivity index (χ4v) is 5.88. The topological polar surface area (TPSA) is 59.1 Å². The molecule has 208 valence electrons. The smallest absolute Gasteiger partial charge is 0.426 e.